The van der Waals surface area contributed by atoms with E-state index in [1.54, 1.807) is 0 Å². The highest BCUT2D eigenvalue weighted by atomic mass is 16.5. The fourth-order valence-corrected chi connectivity index (χ4v) is 3.19. The number of primary amides is 1. The van der Waals surface area contributed by atoms with Crippen LogP contribution >= 0.6 is 0 Å². The summed E-state index contributed by atoms with van der Waals surface area (Å²) in [6.07, 6.45) is 7.02. The normalized spacial score (nSPS) is 32.7. The lowest BCUT2D eigenvalue weighted by molar-refractivity contribution is -0.132. The first-order chi connectivity index (χ1) is 8.05. The second-order valence-corrected chi connectivity index (χ2v) is 5.02. The summed E-state index contributed by atoms with van der Waals surface area (Å²) >= 11 is 0. The van der Waals surface area contributed by atoms with Gasteiger partial charge in [-0.25, -0.2) is 4.79 Å². The van der Waals surface area contributed by atoms with Gasteiger partial charge in [-0.3, -0.25) is 4.79 Å². The van der Waals surface area contributed by atoms with Gasteiger partial charge in [0.1, 0.15) is 0 Å². The van der Waals surface area contributed by atoms with E-state index in [1.807, 2.05) is 0 Å². The molecule has 0 aromatic heterocycles. The standard InChI is InChI=1S/C13H17NO3/c1-2-12(16)17-8-10-5-9-3-4-13(10,6-9)7-11(14)15/h2,8-9H,1,3-7H2,(H2,14,15). The summed E-state index contributed by atoms with van der Waals surface area (Å²) in [5.41, 5.74) is 6.22. The lowest BCUT2D eigenvalue weighted by atomic mass is 9.77. The molecule has 2 N–H and O–H groups in total. The average Bonchev–Trinajstić information content (AvgIpc) is 2.81. The Morgan fingerprint density at radius 3 is 2.94 bits per heavy atom. The fourth-order valence-electron chi connectivity index (χ4n) is 3.19. The lowest BCUT2D eigenvalue weighted by Gasteiger charge is -2.27. The number of esters is 1. The van der Waals surface area contributed by atoms with E-state index in [9.17, 15) is 9.59 Å². The fraction of sp³-hybridized carbons (Fsp3) is 0.538. The number of amides is 1. The van der Waals surface area contributed by atoms with Gasteiger partial charge in [0, 0.05) is 17.9 Å². The third-order valence-corrected chi connectivity index (χ3v) is 3.90. The van der Waals surface area contributed by atoms with Crippen LogP contribution in [-0.2, 0) is 14.3 Å². The number of carbonyl (C=O) groups excluding carboxylic acids is 2. The zero-order chi connectivity index (χ0) is 12.5. The first-order valence-corrected chi connectivity index (χ1v) is 5.86. The second kappa shape index (κ2) is 4.35. The molecule has 2 unspecified atom stereocenters. The third kappa shape index (κ3) is 2.25. The van der Waals surface area contributed by atoms with Crippen LogP contribution in [0.1, 0.15) is 32.1 Å². The molecule has 1 amide bonds. The molecular weight excluding hydrogens is 218 g/mol. The van der Waals surface area contributed by atoms with Crippen molar-refractivity contribution in [1.82, 2.24) is 0 Å². The number of allylic oxidation sites excluding steroid dienone is 1. The number of carbonyl (C=O) groups is 2. The van der Waals surface area contributed by atoms with Crippen molar-refractivity contribution < 1.29 is 14.3 Å². The van der Waals surface area contributed by atoms with E-state index in [1.165, 1.54) is 6.26 Å². The molecule has 0 radical (unpaired) electrons. The maximum absolute atomic E-state index is 11.1. The minimum atomic E-state index is -0.463. The van der Waals surface area contributed by atoms with Crippen LogP contribution in [0.25, 0.3) is 0 Å². The SMILES string of the molecule is C=CC(=O)OC=C1CC2CCC1(CC(N)=O)C2. The molecule has 2 fully saturated rings. The number of hydrogen-bond donors (Lipinski definition) is 1. The zero-order valence-corrected chi connectivity index (χ0v) is 9.78. The predicted molar refractivity (Wildman–Crippen MR) is 62.6 cm³/mol. The maximum Gasteiger partial charge on any atom is 0.334 e. The summed E-state index contributed by atoms with van der Waals surface area (Å²) in [5, 5.41) is 0. The molecule has 2 rings (SSSR count). The van der Waals surface area contributed by atoms with Gasteiger partial charge >= 0.3 is 5.97 Å². The van der Waals surface area contributed by atoms with Gasteiger partial charge in [0.25, 0.3) is 0 Å². The summed E-state index contributed by atoms with van der Waals surface area (Å²) < 4.78 is 4.96. The zero-order valence-electron chi connectivity index (χ0n) is 9.78. The smallest absolute Gasteiger partial charge is 0.334 e. The van der Waals surface area contributed by atoms with Gasteiger partial charge in [0.2, 0.25) is 5.91 Å². The number of ether oxygens (including phenoxy) is 1. The van der Waals surface area contributed by atoms with Crippen LogP contribution < -0.4 is 5.73 Å². The van der Waals surface area contributed by atoms with Crippen LogP contribution in [0.5, 0.6) is 0 Å². The molecule has 4 heteroatoms. The van der Waals surface area contributed by atoms with Gasteiger partial charge in [-0.15, -0.1) is 0 Å². The third-order valence-electron chi connectivity index (χ3n) is 3.90. The van der Waals surface area contributed by atoms with Crippen molar-refractivity contribution in [2.45, 2.75) is 32.1 Å². The topological polar surface area (TPSA) is 69.4 Å². The summed E-state index contributed by atoms with van der Waals surface area (Å²) in [5.74, 6) is -0.133. The van der Waals surface area contributed by atoms with Crippen LogP contribution in [0, 0.1) is 11.3 Å². The first-order valence-electron chi connectivity index (χ1n) is 5.86. The van der Waals surface area contributed by atoms with Crippen LogP contribution in [0.15, 0.2) is 24.5 Å². The predicted octanol–water partition coefficient (Wildman–Crippen LogP) is 1.67. The number of fused-ring (bicyclic) bond motifs is 2. The Hall–Kier alpha value is -1.58. The molecule has 0 heterocycles. The van der Waals surface area contributed by atoms with E-state index >= 15 is 0 Å². The van der Waals surface area contributed by atoms with Gasteiger partial charge in [-0.1, -0.05) is 6.58 Å². The Balaban J connectivity index is 2.14. The van der Waals surface area contributed by atoms with E-state index < -0.39 is 5.97 Å². The highest BCUT2D eigenvalue weighted by molar-refractivity contribution is 5.81. The molecule has 0 aliphatic heterocycles. The van der Waals surface area contributed by atoms with Gasteiger partial charge in [0.15, 0.2) is 0 Å². The second-order valence-electron chi connectivity index (χ2n) is 5.02. The first kappa shape index (κ1) is 11.9. The minimum absolute atomic E-state index is 0.141. The van der Waals surface area contributed by atoms with E-state index in [0.717, 1.165) is 37.3 Å². The number of nitrogens with two attached hydrogens (primary N) is 1. The van der Waals surface area contributed by atoms with Crippen LogP contribution in [0.2, 0.25) is 0 Å². The van der Waals surface area contributed by atoms with Crippen LogP contribution in [-0.4, -0.2) is 11.9 Å². The Labute approximate surface area is 101 Å². The van der Waals surface area contributed by atoms with Crippen molar-refractivity contribution in [2.75, 3.05) is 0 Å². The van der Waals surface area contributed by atoms with Crippen molar-refractivity contribution >= 4 is 11.9 Å². The lowest BCUT2D eigenvalue weighted by Crippen LogP contribution is -2.26. The molecule has 92 valence electrons. The molecule has 0 saturated heterocycles. The van der Waals surface area contributed by atoms with E-state index in [2.05, 4.69) is 6.58 Å². The maximum atomic E-state index is 11.1. The number of rotatable bonds is 4. The molecule has 2 atom stereocenters. The molecule has 2 saturated carbocycles. The summed E-state index contributed by atoms with van der Waals surface area (Å²) in [6.45, 7) is 3.34. The van der Waals surface area contributed by atoms with Crippen LogP contribution in [0.3, 0.4) is 0 Å². The Kier molecular flexibility index (Phi) is 3.05. The highest BCUT2D eigenvalue weighted by Crippen LogP contribution is 2.59. The monoisotopic (exact) mass is 235 g/mol. The van der Waals surface area contributed by atoms with Crippen molar-refractivity contribution in [3.05, 3.63) is 24.5 Å². The van der Waals surface area contributed by atoms with Gasteiger partial charge in [-0.05, 0) is 37.2 Å². The molecule has 2 aliphatic rings. The quantitative estimate of drug-likeness (QED) is 0.457. The Bertz CT molecular complexity index is 399. The Morgan fingerprint density at radius 2 is 2.35 bits per heavy atom. The largest absolute Gasteiger partial charge is 0.431 e. The van der Waals surface area contributed by atoms with Gasteiger partial charge in [0.05, 0.1) is 6.26 Å². The summed E-state index contributed by atoms with van der Waals surface area (Å²) in [4.78, 5) is 22.2. The van der Waals surface area contributed by atoms with Gasteiger partial charge in [-0.2, -0.15) is 0 Å². The Morgan fingerprint density at radius 1 is 1.59 bits per heavy atom. The van der Waals surface area contributed by atoms with E-state index in [4.69, 9.17) is 10.5 Å². The molecular formula is C13H17NO3. The average molecular weight is 235 g/mol. The molecule has 17 heavy (non-hydrogen) atoms. The highest BCUT2D eigenvalue weighted by Gasteiger charge is 2.49. The summed E-state index contributed by atoms with van der Waals surface area (Å²) in [7, 11) is 0. The molecule has 0 aromatic carbocycles. The molecule has 0 spiro atoms. The van der Waals surface area contributed by atoms with Crippen molar-refractivity contribution in [3.63, 3.8) is 0 Å². The van der Waals surface area contributed by atoms with Crippen molar-refractivity contribution in [3.8, 4) is 0 Å². The molecule has 2 bridgehead atoms. The molecule has 0 aromatic rings. The molecule has 2 aliphatic carbocycles. The van der Waals surface area contributed by atoms with Crippen molar-refractivity contribution in [2.24, 2.45) is 17.1 Å². The van der Waals surface area contributed by atoms with E-state index in [-0.39, 0.29) is 11.3 Å². The minimum Gasteiger partial charge on any atom is -0.431 e. The van der Waals surface area contributed by atoms with Crippen molar-refractivity contribution in [1.29, 1.82) is 0 Å². The van der Waals surface area contributed by atoms with Crippen LogP contribution in [0.4, 0.5) is 0 Å². The van der Waals surface area contributed by atoms with Gasteiger partial charge < -0.3 is 10.5 Å². The van der Waals surface area contributed by atoms with E-state index in [0.29, 0.717) is 12.3 Å². The molecule has 4 nitrogen and oxygen atoms in total. The number of hydrogen-bond acceptors (Lipinski definition) is 3. The summed E-state index contributed by atoms with van der Waals surface area (Å²) in [6, 6.07) is 0.